The number of ether oxygens (including phenoxy) is 2. The predicted octanol–water partition coefficient (Wildman–Crippen LogP) is 3.35. The maximum absolute atomic E-state index is 12.6. The standard InChI is InChI=1S/C19H28N2O5/c1-12(2)11-15(21-18(24)26-19(3,4)5)16(22)20-14-9-7-13(8-10-14)17(23)25-6/h7-10,12,15H,11H2,1-6H3,(H,20,22)(H,21,24)/t15-/m0/s1. The third-order valence-corrected chi connectivity index (χ3v) is 3.29. The lowest BCUT2D eigenvalue weighted by molar-refractivity contribution is -0.118. The number of anilines is 1. The van der Waals surface area contributed by atoms with Gasteiger partial charge in [0.25, 0.3) is 0 Å². The molecule has 0 aromatic heterocycles. The van der Waals surface area contributed by atoms with Crippen molar-refractivity contribution in [2.75, 3.05) is 12.4 Å². The van der Waals surface area contributed by atoms with Crippen LogP contribution in [0.5, 0.6) is 0 Å². The summed E-state index contributed by atoms with van der Waals surface area (Å²) in [5.41, 5.74) is 0.255. The van der Waals surface area contributed by atoms with E-state index in [-0.39, 0.29) is 11.8 Å². The van der Waals surface area contributed by atoms with Gasteiger partial charge < -0.3 is 20.1 Å². The molecule has 0 aliphatic carbocycles. The molecule has 1 aromatic carbocycles. The molecule has 26 heavy (non-hydrogen) atoms. The number of hydrogen-bond donors (Lipinski definition) is 2. The summed E-state index contributed by atoms with van der Waals surface area (Å²) in [5.74, 6) is -0.607. The van der Waals surface area contributed by atoms with Crippen LogP contribution < -0.4 is 10.6 Å². The number of amides is 2. The van der Waals surface area contributed by atoms with Crippen LogP contribution in [0.25, 0.3) is 0 Å². The summed E-state index contributed by atoms with van der Waals surface area (Å²) < 4.78 is 9.86. The fraction of sp³-hybridized carbons (Fsp3) is 0.526. The highest BCUT2D eigenvalue weighted by Crippen LogP contribution is 2.14. The highest BCUT2D eigenvalue weighted by Gasteiger charge is 2.25. The molecule has 2 amide bonds. The van der Waals surface area contributed by atoms with E-state index in [0.29, 0.717) is 17.7 Å². The number of esters is 1. The maximum atomic E-state index is 12.6. The SMILES string of the molecule is COC(=O)c1ccc(NC(=O)[C@H](CC(C)C)NC(=O)OC(C)(C)C)cc1. The molecule has 0 unspecified atom stereocenters. The van der Waals surface area contributed by atoms with Crippen molar-refractivity contribution in [3.05, 3.63) is 29.8 Å². The molecular weight excluding hydrogens is 336 g/mol. The molecule has 1 rings (SSSR count). The van der Waals surface area contributed by atoms with Crippen LogP contribution in [0.4, 0.5) is 10.5 Å². The van der Waals surface area contributed by atoms with Crippen molar-refractivity contribution >= 4 is 23.7 Å². The van der Waals surface area contributed by atoms with Gasteiger partial charge in [0, 0.05) is 5.69 Å². The minimum absolute atomic E-state index is 0.197. The first-order valence-electron chi connectivity index (χ1n) is 8.50. The highest BCUT2D eigenvalue weighted by molar-refractivity contribution is 5.97. The van der Waals surface area contributed by atoms with Crippen LogP contribution in [0.15, 0.2) is 24.3 Å². The number of benzene rings is 1. The van der Waals surface area contributed by atoms with Crippen LogP contribution in [-0.2, 0) is 14.3 Å². The van der Waals surface area contributed by atoms with Gasteiger partial charge in [-0.3, -0.25) is 4.79 Å². The number of carbonyl (C=O) groups excluding carboxylic acids is 3. The average Bonchev–Trinajstić information content (AvgIpc) is 2.52. The van der Waals surface area contributed by atoms with E-state index in [4.69, 9.17) is 4.74 Å². The molecule has 2 N–H and O–H groups in total. The van der Waals surface area contributed by atoms with Gasteiger partial charge in [-0.15, -0.1) is 0 Å². The van der Waals surface area contributed by atoms with Crippen LogP contribution in [-0.4, -0.2) is 36.7 Å². The van der Waals surface area contributed by atoms with Gasteiger partial charge in [-0.2, -0.15) is 0 Å². The molecular formula is C19H28N2O5. The monoisotopic (exact) mass is 364 g/mol. The third-order valence-electron chi connectivity index (χ3n) is 3.29. The van der Waals surface area contributed by atoms with Gasteiger partial charge in [0.2, 0.25) is 5.91 Å². The number of hydrogen-bond acceptors (Lipinski definition) is 5. The smallest absolute Gasteiger partial charge is 0.408 e. The molecule has 0 aliphatic rings. The minimum Gasteiger partial charge on any atom is -0.465 e. The number of methoxy groups -OCH3 is 1. The second-order valence-electron chi connectivity index (χ2n) is 7.39. The molecule has 0 aliphatic heterocycles. The molecule has 7 nitrogen and oxygen atoms in total. The predicted molar refractivity (Wildman–Crippen MR) is 99.0 cm³/mol. The lowest BCUT2D eigenvalue weighted by atomic mass is 10.0. The van der Waals surface area contributed by atoms with Crippen molar-refractivity contribution in [2.24, 2.45) is 5.92 Å². The van der Waals surface area contributed by atoms with Gasteiger partial charge in [-0.25, -0.2) is 9.59 Å². The Morgan fingerprint density at radius 2 is 1.65 bits per heavy atom. The van der Waals surface area contributed by atoms with Gasteiger partial charge >= 0.3 is 12.1 Å². The van der Waals surface area contributed by atoms with E-state index >= 15 is 0 Å². The molecule has 0 spiro atoms. The first-order valence-corrected chi connectivity index (χ1v) is 8.50. The molecule has 0 fully saturated rings. The fourth-order valence-corrected chi connectivity index (χ4v) is 2.19. The highest BCUT2D eigenvalue weighted by atomic mass is 16.6. The second-order valence-corrected chi connectivity index (χ2v) is 7.39. The Labute approximate surface area is 154 Å². The van der Waals surface area contributed by atoms with Crippen molar-refractivity contribution in [2.45, 2.75) is 52.7 Å². The van der Waals surface area contributed by atoms with E-state index in [1.54, 1.807) is 45.0 Å². The Hall–Kier alpha value is -2.57. The van der Waals surface area contributed by atoms with Crippen molar-refractivity contribution in [3.8, 4) is 0 Å². The molecule has 0 radical (unpaired) electrons. The summed E-state index contributed by atoms with van der Waals surface area (Å²) in [7, 11) is 1.30. The number of carbonyl (C=O) groups is 3. The summed E-state index contributed by atoms with van der Waals surface area (Å²) in [6, 6.07) is 5.58. The van der Waals surface area contributed by atoms with Gasteiger partial charge in [-0.05, 0) is 57.4 Å². The molecule has 1 aromatic rings. The number of alkyl carbamates (subject to hydrolysis) is 1. The quantitative estimate of drug-likeness (QED) is 0.755. The first kappa shape index (κ1) is 21.5. The molecule has 1 atom stereocenters. The molecule has 0 saturated heterocycles. The zero-order valence-electron chi connectivity index (χ0n) is 16.2. The lowest BCUT2D eigenvalue weighted by Gasteiger charge is -2.24. The van der Waals surface area contributed by atoms with Gasteiger partial charge in [-0.1, -0.05) is 13.8 Å². The maximum Gasteiger partial charge on any atom is 0.408 e. The Balaban J connectivity index is 2.79. The van der Waals surface area contributed by atoms with Crippen molar-refractivity contribution in [1.82, 2.24) is 5.32 Å². The Kier molecular flexibility index (Phi) is 7.61. The molecule has 144 valence electrons. The van der Waals surface area contributed by atoms with Crippen LogP contribution in [0.2, 0.25) is 0 Å². The first-order chi connectivity index (χ1) is 12.0. The molecule has 7 heteroatoms. The van der Waals surface area contributed by atoms with Crippen LogP contribution in [0.3, 0.4) is 0 Å². The van der Waals surface area contributed by atoms with Crippen LogP contribution >= 0.6 is 0 Å². The summed E-state index contributed by atoms with van der Waals surface area (Å²) in [5, 5.41) is 5.35. The zero-order chi connectivity index (χ0) is 19.9. The van der Waals surface area contributed by atoms with E-state index in [9.17, 15) is 14.4 Å². The average molecular weight is 364 g/mol. The lowest BCUT2D eigenvalue weighted by Crippen LogP contribution is -2.46. The van der Waals surface area contributed by atoms with Crippen molar-refractivity contribution in [1.29, 1.82) is 0 Å². The zero-order valence-corrected chi connectivity index (χ0v) is 16.2. The van der Waals surface area contributed by atoms with Gasteiger partial charge in [0.1, 0.15) is 11.6 Å². The van der Waals surface area contributed by atoms with E-state index < -0.39 is 23.7 Å². The number of nitrogens with one attached hydrogen (secondary N) is 2. The Morgan fingerprint density at radius 1 is 1.08 bits per heavy atom. The van der Waals surface area contributed by atoms with Crippen molar-refractivity contribution in [3.63, 3.8) is 0 Å². The largest absolute Gasteiger partial charge is 0.465 e. The normalized spacial score (nSPS) is 12.3. The third kappa shape index (κ3) is 7.55. The van der Waals surface area contributed by atoms with Crippen LogP contribution in [0, 0.1) is 5.92 Å². The summed E-state index contributed by atoms with van der Waals surface area (Å²) >= 11 is 0. The molecule has 0 heterocycles. The van der Waals surface area contributed by atoms with E-state index in [2.05, 4.69) is 15.4 Å². The summed E-state index contributed by atoms with van der Waals surface area (Å²) in [4.78, 5) is 36.0. The van der Waals surface area contributed by atoms with Gasteiger partial charge in [0.05, 0.1) is 12.7 Å². The topological polar surface area (TPSA) is 93.7 Å². The second kappa shape index (κ2) is 9.22. The van der Waals surface area contributed by atoms with E-state index in [1.807, 2.05) is 13.8 Å². The Morgan fingerprint density at radius 3 is 2.12 bits per heavy atom. The van der Waals surface area contributed by atoms with E-state index in [0.717, 1.165) is 0 Å². The minimum atomic E-state index is -0.731. The Bertz CT molecular complexity index is 632. The number of rotatable bonds is 6. The van der Waals surface area contributed by atoms with Crippen LogP contribution in [0.1, 0.15) is 51.4 Å². The molecule has 0 saturated carbocycles. The van der Waals surface area contributed by atoms with Crippen molar-refractivity contribution < 1.29 is 23.9 Å². The summed E-state index contributed by atoms with van der Waals surface area (Å²) in [6.07, 6.45) is -0.176. The van der Waals surface area contributed by atoms with Gasteiger partial charge in [0.15, 0.2) is 0 Å². The van der Waals surface area contributed by atoms with E-state index in [1.165, 1.54) is 7.11 Å². The molecule has 0 bridgehead atoms. The fourth-order valence-electron chi connectivity index (χ4n) is 2.19. The summed E-state index contributed by atoms with van der Waals surface area (Å²) in [6.45, 7) is 9.19.